The van der Waals surface area contributed by atoms with Gasteiger partial charge in [0.15, 0.2) is 0 Å². The maximum Gasteiger partial charge on any atom is 0.255 e. The van der Waals surface area contributed by atoms with Crippen LogP contribution in [0.1, 0.15) is 24.2 Å². The maximum atomic E-state index is 12.2. The molecule has 0 aliphatic heterocycles. The molecule has 7 heteroatoms. The Morgan fingerprint density at radius 1 is 1.04 bits per heavy atom. The summed E-state index contributed by atoms with van der Waals surface area (Å²) in [5.74, 6) is -0.362. The second-order valence-corrected chi connectivity index (χ2v) is 7.36. The van der Waals surface area contributed by atoms with Crippen LogP contribution in [0, 0.1) is 0 Å². The number of anilines is 1. The van der Waals surface area contributed by atoms with Crippen LogP contribution >= 0.6 is 11.6 Å². The van der Waals surface area contributed by atoms with E-state index in [9.17, 15) is 13.2 Å². The first-order valence-corrected chi connectivity index (χ1v) is 8.84. The monoisotopic (exact) mass is 352 g/mol. The molecule has 0 spiro atoms. The Morgan fingerprint density at radius 2 is 1.65 bits per heavy atom. The van der Waals surface area contributed by atoms with Crippen molar-refractivity contribution < 1.29 is 13.2 Å². The Kier molecular flexibility index (Phi) is 5.41. The van der Waals surface area contributed by atoms with Gasteiger partial charge in [-0.1, -0.05) is 23.7 Å². The van der Waals surface area contributed by atoms with Crippen LogP contribution in [0.2, 0.25) is 5.02 Å². The fourth-order valence-electron chi connectivity index (χ4n) is 1.92. The number of amides is 1. The second-order valence-electron chi connectivity index (χ2n) is 5.23. The lowest BCUT2D eigenvalue weighted by Crippen LogP contribution is -2.30. The van der Waals surface area contributed by atoms with E-state index in [4.69, 9.17) is 11.6 Å². The lowest BCUT2D eigenvalue weighted by atomic mass is 10.2. The van der Waals surface area contributed by atoms with E-state index in [0.717, 1.165) is 0 Å². The van der Waals surface area contributed by atoms with Crippen molar-refractivity contribution in [2.45, 2.75) is 24.8 Å². The van der Waals surface area contributed by atoms with Crippen LogP contribution in [0.25, 0.3) is 0 Å². The fraction of sp³-hybridized carbons (Fsp3) is 0.188. The van der Waals surface area contributed by atoms with Crippen LogP contribution in [-0.4, -0.2) is 20.4 Å². The standard InChI is InChI=1S/C16H17ClN2O3S/c1-11(2)19-23(21,22)13-9-7-12(8-10-13)16(20)18-15-6-4-3-5-14(15)17/h3-11,19H,1-2H3,(H,18,20). The molecule has 0 bridgehead atoms. The minimum absolute atomic E-state index is 0.112. The molecule has 0 fully saturated rings. The van der Waals surface area contributed by atoms with Gasteiger partial charge in [0.1, 0.15) is 0 Å². The second kappa shape index (κ2) is 7.12. The molecule has 5 nitrogen and oxygen atoms in total. The number of nitrogens with one attached hydrogen (secondary N) is 2. The predicted octanol–water partition coefficient (Wildman–Crippen LogP) is 3.28. The van der Waals surface area contributed by atoms with E-state index < -0.39 is 10.0 Å². The number of rotatable bonds is 5. The Hall–Kier alpha value is -1.89. The van der Waals surface area contributed by atoms with Crippen molar-refractivity contribution in [1.29, 1.82) is 0 Å². The third kappa shape index (κ3) is 4.54. The van der Waals surface area contributed by atoms with Gasteiger partial charge in [0.25, 0.3) is 5.91 Å². The van der Waals surface area contributed by atoms with E-state index in [-0.39, 0.29) is 16.8 Å². The molecule has 0 radical (unpaired) electrons. The minimum Gasteiger partial charge on any atom is -0.321 e. The lowest BCUT2D eigenvalue weighted by Gasteiger charge is -2.10. The molecule has 0 aromatic heterocycles. The van der Waals surface area contributed by atoms with Crippen LogP contribution in [-0.2, 0) is 10.0 Å². The summed E-state index contributed by atoms with van der Waals surface area (Å²) in [7, 11) is -3.57. The molecule has 0 aliphatic rings. The largest absolute Gasteiger partial charge is 0.321 e. The molecular formula is C16H17ClN2O3S. The normalized spacial score (nSPS) is 11.5. The van der Waals surface area contributed by atoms with Gasteiger partial charge in [0, 0.05) is 11.6 Å². The van der Waals surface area contributed by atoms with Gasteiger partial charge in [-0.05, 0) is 50.2 Å². The van der Waals surface area contributed by atoms with E-state index in [1.165, 1.54) is 24.3 Å². The zero-order chi connectivity index (χ0) is 17.0. The SMILES string of the molecule is CC(C)NS(=O)(=O)c1ccc(C(=O)Nc2ccccc2Cl)cc1. The molecule has 0 saturated heterocycles. The van der Waals surface area contributed by atoms with Crippen molar-refractivity contribution in [2.24, 2.45) is 0 Å². The van der Waals surface area contributed by atoms with Gasteiger partial charge in [0.05, 0.1) is 15.6 Å². The van der Waals surface area contributed by atoms with Crippen molar-refractivity contribution in [3.8, 4) is 0 Å². The zero-order valence-corrected chi connectivity index (χ0v) is 14.3. The molecule has 1 amide bonds. The van der Waals surface area contributed by atoms with E-state index in [2.05, 4.69) is 10.0 Å². The summed E-state index contributed by atoms with van der Waals surface area (Å²) >= 11 is 5.99. The average Bonchev–Trinajstić information content (AvgIpc) is 2.48. The molecule has 2 rings (SSSR count). The molecule has 0 aliphatic carbocycles. The molecule has 23 heavy (non-hydrogen) atoms. The van der Waals surface area contributed by atoms with Crippen molar-refractivity contribution in [3.05, 3.63) is 59.1 Å². The number of carbonyl (C=O) groups excluding carboxylic acids is 1. The molecule has 2 aromatic rings. The topological polar surface area (TPSA) is 75.3 Å². The first-order valence-electron chi connectivity index (χ1n) is 6.98. The Labute approximate surface area is 140 Å². The number of sulfonamides is 1. The van der Waals surface area contributed by atoms with Crippen LogP contribution in [0.5, 0.6) is 0 Å². The van der Waals surface area contributed by atoms with E-state index in [1.54, 1.807) is 38.1 Å². The van der Waals surface area contributed by atoms with Crippen LogP contribution in [0.15, 0.2) is 53.4 Å². The van der Waals surface area contributed by atoms with Crippen molar-refractivity contribution in [3.63, 3.8) is 0 Å². The van der Waals surface area contributed by atoms with Crippen molar-refractivity contribution in [2.75, 3.05) is 5.32 Å². The first kappa shape index (κ1) is 17.5. The maximum absolute atomic E-state index is 12.2. The van der Waals surface area contributed by atoms with Crippen molar-refractivity contribution in [1.82, 2.24) is 4.72 Å². The summed E-state index contributed by atoms with van der Waals surface area (Å²) < 4.78 is 26.5. The van der Waals surface area contributed by atoms with E-state index in [0.29, 0.717) is 16.3 Å². The lowest BCUT2D eigenvalue weighted by molar-refractivity contribution is 0.102. The van der Waals surface area contributed by atoms with Gasteiger partial charge in [0.2, 0.25) is 10.0 Å². The quantitative estimate of drug-likeness (QED) is 0.867. The predicted molar refractivity (Wildman–Crippen MR) is 91.3 cm³/mol. The molecule has 0 atom stereocenters. The van der Waals surface area contributed by atoms with Gasteiger partial charge in [-0.3, -0.25) is 4.79 Å². The highest BCUT2D eigenvalue weighted by atomic mass is 35.5. The molecule has 0 saturated carbocycles. The number of carbonyl (C=O) groups is 1. The third-order valence-corrected chi connectivity index (χ3v) is 4.94. The number of para-hydroxylation sites is 1. The first-order chi connectivity index (χ1) is 10.8. The van der Waals surface area contributed by atoms with Crippen molar-refractivity contribution >= 4 is 33.2 Å². The highest BCUT2D eigenvalue weighted by molar-refractivity contribution is 7.89. The van der Waals surface area contributed by atoms with Gasteiger partial charge in [-0.2, -0.15) is 0 Å². The summed E-state index contributed by atoms with van der Waals surface area (Å²) in [6.45, 7) is 3.48. The third-order valence-electron chi connectivity index (χ3n) is 2.94. The summed E-state index contributed by atoms with van der Waals surface area (Å²) in [5, 5.41) is 3.11. The smallest absolute Gasteiger partial charge is 0.255 e. The number of hydrogen-bond acceptors (Lipinski definition) is 3. The molecule has 122 valence electrons. The Bertz CT molecular complexity index is 802. The summed E-state index contributed by atoms with van der Waals surface area (Å²) in [5.41, 5.74) is 0.839. The van der Waals surface area contributed by atoms with E-state index >= 15 is 0 Å². The summed E-state index contributed by atoms with van der Waals surface area (Å²) in [4.78, 5) is 12.3. The Balaban J connectivity index is 2.16. The summed E-state index contributed by atoms with van der Waals surface area (Å²) in [6, 6.07) is 12.4. The average molecular weight is 353 g/mol. The van der Waals surface area contributed by atoms with Crippen LogP contribution in [0.3, 0.4) is 0 Å². The Morgan fingerprint density at radius 3 is 2.22 bits per heavy atom. The number of halogens is 1. The minimum atomic E-state index is -3.57. The van der Waals surface area contributed by atoms with Crippen LogP contribution in [0.4, 0.5) is 5.69 Å². The van der Waals surface area contributed by atoms with E-state index in [1.807, 2.05) is 0 Å². The molecule has 2 N–H and O–H groups in total. The summed E-state index contributed by atoms with van der Waals surface area (Å²) in [6.07, 6.45) is 0. The van der Waals surface area contributed by atoms with Gasteiger partial charge >= 0.3 is 0 Å². The van der Waals surface area contributed by atoms with Gasteiger partial charge in [-0.15, -0.1) is 0 Å². The molecule has 0 unspecified atom stereocenters. The highest BCUT2D eigenvalue weighted by Gasteiger charge is 2.16. The number of hydrogen-bond donors (Lipinski definition) is 2. The zero-order valence-electron chi connectivity index (χ0n) is 12.7. The molecule has 2 aromatic carbocycles. The highest BCUT2D eigenvalue weighted by Crippen LogP contribution is 2.21. The molecular weight excluding hydrogens is 336 g/mol. The fourth-order valence-corrected chi connectivity index (χ4v) is 3.35. The van der Waals surface area contributed by atoms with Gasteiger partial charge < -0.3 is 5.32 Å². The molecule has 0 heterocycles. The van der Waals surface area contributed by atoms with Crippen LogP contribution < -0.4 is 10.0 Å². The van der Waals surface area contributed by atoms with Gasteiger partial charge in [-0.25, -0.2) is 13.1 Å². The number of benzene rings is 2.